The second-order valence-corrected chi connectivity index (χ2v) is 8.21. The van der Waals surface area contributed by atoms with Crippen LogP contribution in [0.2, 0.25) is 0 Å². The van der Waals surface area contributed by atoms with Gasteiger partial charge in [0.1, 0.15) is 0 Å². The Labute approximate surface area is 191 Å². The highest BCUT2D eigenvalue weighted by Gasteiger charge is 2.17. The maximum absolute atomic E-state index is 14.6. The molecule has 0 fully saturated rings. The van der Waals surface area contributed by atoms with Crippen molar-refractivity contribution in [3.05, 3.63) is 36.2 Å². The van der Waals surface area contributed by atoms with Gasteiger partial charge in [0, 0.05) is 0 Å². The molecule has 0 radical (unpaired) electrons. The van der Waals surface area contributed by atoms with Crippen molar-refractivity contribution >= 4 is 0 Å². The van der Waals surface area contributed by atoms with Crippen molar-refractivity contribution < 1.29 is 18.3 Å². The molecule has 0 atom stereocenters. The molecule has 0 saturated heterocycles. The Balaban J connectivity index is 1.80. The molecule has 1 heterocycles. The van der Waals surface area contributed by atoms with E-state index in [-0.39, 0.29) is 17.1 Å². The molecule has 1 aromatic heterocycles. The first-order valence-corrected chi connectivity index (χ1v) is 12.2. The molecule has 0 aliphatic carbocycles. The molecule has 32 heavy (non-hydrogen) atoms. The maximum Gasteiger partial charge on any atom is 0.201 e. The van der Waals surface area contributed by atoms with E-state index in [1.807, 2.05) is 0 Å². The van der Waals surface area contributed by atoms with Crippen LogP contribution in [0.4, 0.5) is 8.78 Å². The van der Waals surface area contributed by atoms with E-state index in [2.05, 4.69) is 23.8 Å². The largest absolute Gasteiger partial charge is 0.490 e. The molecule has 0 spiro atoms. The smallest absolute Gasteiger partial charge is 0.201 e. The van der Waals surface area contributed by atoms with Gasteiger partial charge in [-0.25, -0.2) is 14.4 Å². The lowest BCUT2D eigenvalue weighted by atomic mass is 10.1. The summed E-state index contributed by atoms with van der Waals surface area (Å²) in [4.78, 5) is 8.29. The van der Waals surface area contributed by atoms with Gasteiger partial charge >= 0.3 is 0 Å². The standard InChI is InChI=1S/C26H38F2N2O2/c1-3-5-7-9-11-13-17-31-21-19-29-26(30-20-21)22-15-16-23(25(28)24(22)27)32-18-14-12-10-8-6-4-2/h15-16,19-20H,3-14,17-18H2,1-2H3. The lowest BCUT2D eigenvalue weighted by Crippen LogP contribution is -2.03. The SMILES string of the molecule is CCCCCCCCOc1cnc(-c2ccc(OCCCCCCCC)c(F)c2F)nc1. The quantitative estimate of drug-likeness (QED) is 0.231. The van der Waals surface area contributed by atoms with Crippen LogP contribution >= 0.6 is 0 Å². The van der Waals surface area contributed by atoms with E-state index < -0.39 is 11.6 Å². The van der Waals surface area contributed by atoms with Gasteiger partial charge < -0.3 is 9.47 Å². The van der Waals surface area contributed by atoms with Crippen molar-refractivity contribution in [1.82, 2.24) is 9.97 Å². The number of benzene rings is 1. The Kier molecular flexibility index (Phi) is 12.6. The molecule has 0 unspecified atom stereocenters. The van der Waals surface area contributed by atoms with Gasteiger partial charge in [-0.05, 0) is 25.0 Å². The third-order valence-corrected chi connectivity index (χ3v) is 5.44. The van der Waals surface area contributed by atoms with Crippen LogP contribution in [0, 0.1) is 11.6 Å². The third-order valence-electron chi connectivity index (χ3n) is 5.44. The molecular weight excluding hydrogens is 410 g/mol. The van der Waals surface area contributed by atoms with Crippen LogP contribution in [0.15, 0.2) is 24.5 Å². The van der Waals surface area contributed by atoms with Crippen LogP contribution in [0.25, 0.3) is 11.4 Å². The van der Waals surface area contributed by atoms with Crippen molar-refractivity contribution in [1.29, 1.82) is 0 Å². The Morgan fingerprint density at radius 3 is 1.78 bits per heavy atom. The van der Waals surface area contributed by atoms with Gasteiger partial charge in [-0.3, -0.25) is 0 Å². The minimum absolute atomic E-state index is 0.0110. The molecule has 2 aromatic rings. The van der Waals surface area contributed by atoms with Gasteiger partial charge in [0.25, 0.3) is 0 Å². The normalized spacial score (nSPS) is 11.0. The van der Waals surface area contributed by atoms with Gasteiger partial charge in [-0.1, -0.05) is 78.1 Å². The second-order valence-electron chi connectivity index (χ2n) is 8.21. The summed E-state index contributed by atoms with van der Waals surface area (Å²) >= 11 is 0. The fourth-order valence-electron chi connectivity index (χ4n) is 3.48. The summed E-state index contributed by atoms with van der Waals surface area (Å²) in [6.45, 7) is 5.35. The monoisotopic (exact) mass is 448 g/mol. The minimum atomic E-state index is -1.000. The summed E-state index contributed by atoms with van der Waals surface area (Å²) in [6, 6.07) is 2.90. The summed E-state index contributed by atoms with van der Waals surface area (Å²) in [5, 5.41) is 0. The van der Waals surface area contributed by atoms with Gasteiger partial charge in [0.2, 0.25) is 5.82 Å². The molecule has 178 valence electrons. The van der Waals surface area contributed by atoms with Crippen molar-refractivity contribution in [2.24, 2.45) is 0 Å². The molecule has 0 aliphatic heterocycles. The Hall–Kier alpha value is -2.24. The number of hydrogen-bond donors (Lipinski definition) is 0. The predicted octanol–water partition coefficient (Wildman–Crippen LogP) is 7.90. The van der Waals surface area contributed by atoms with Gasteiger partial charge in [0.05, 0.1) is 31.2 Å². The zero-order chi connectivity index (χ0) is 23.0. The first-order chi connectivity index (χ1) is 15.7. The van der Waals surface area contributed by atoms with Crippen molar-refractivity contribution in [3.8, 4) is 22.9 Å². The average Bonchev–Trinajstić information content (AvgIpc) is 2.81. The maximum atomic E-state index is 14.6. The second kappa shape index (κ2) is 15.5. The van der Waals surface area contributed by atoms with E-state index in [0.717, 1.165) is 32.1 Å². The van der Waals surface area contributed by atoms with Crippen molar-refractivity contribution in [2.75, 3.05) is 13.2 Å². The lowest BCUT2D eigenvalue weighted by molar-refractivity contribution is 0.285. The van der Waals surface area contributed by atoms with Crippen LogP contribution in [-0.2, 0) is 0 Å². The van der Waals surface area contributed by atoms with Crippen molar-refractivity contribution in [3.63, 3.8) is 0 Å². The average molecular weight is 449 g/mol. The Bertz CT molecular complexity index is 769. The highest BCUT2D eigenvalue weighted by atomic mass is 19.2. The summed E-state index contributed by atoms with van der Waals surface area (Å²) < 4.78 is 40.1. The van der Waals surface area contributed by atoms with E-state index in [0.29, 0.717) is 19.0 Å². The van der Waals surface area contributed by atoms with E-state index in [9.17, 15) is 8.78 Å². The lowest BCUT2D eigenvalue weighted by Gasteiger charge is -2.10. The predicted molar refractivity (Wildman–Crippen MR) is 125 cm³/mol. The van der Waals surface area contributed by atoms with Gasteiger partial charge in [0.15, 0.2) is 23.1 Å². The molecule has 4 nitrogen and oxygen atoms in total. The molecule has 0 amide bonds. The van der Waals surface area contributed by atoms with Gasteiger partial charge in [-0.15, -0.1) is 0 Å². The topological polar surface area (TPSA) is 44.2 Å². The third kappa shape index (κ3) is 9.09. The van der Waals surface area contributed by atoms with Crippen LogP contribution in [-0.4, -0.2) is 23.2 Å². The number of rotatable bonds is 17. The summed E-state index contributed by atoms with van der Waals surface area (Å²) in [6.07, 6.45) is 16.7. The van der Waals surface area contributed by atoms with Crippen LogP contribution in [0.3, 0.4) is 0 Å². The number of ether oxygens (including phenoxy) is 2. The van der Waals surface area contributed by atoms with E-state index in [1.165, 1.54) is 69.5 Å². The molecule has 0 N–H and O–H groups in total. The van der Waals surface area contributed by atoms with Crippen LogP contribution < -0.4 is 9.47 Å². The number of aromatic nitrogens is 2. The molecule has 2 rings (SSSR count). The number of hydrogen-bond acceptors (Lipinski definition) is 4. The van der Waals surface area contributed by atoms with Gasteiger partial charge in [-0.2, -0.15) is 4.39 Å². The number of halogens is 2. The molecular formula is C26H38F2N2O2. The van der Waals surface area contributed by atoms with E-state index in [4.69, 9.17) is 9.47 Å². The summed E-state index contributed by atoms with van der Waals surface area (Å²) in [5.74, 6) is -1.41. The fraction of sp³-hybridized carbons (Fsp3) is 0.615. The zero-order valence-corrected chi connectivity index (χ0v) is 19.7. The summed E-state index contributed by atoms with van der Waals surface area (Å²) in [7, 11) is 0. The Morgan fingerprint density at radius 2 is 1.19 bits per heavy atom. The van der Waals surface area contributed by atoms with E-state index in [1.54, 1.807) is 0 Å². The first kappa shape index (κ1) is 26.0. The Morgan fingerprint density at radius 1 is 0.656 bits per heavy atom. The molecule has 6 heteroatoms. The fourth-order valence-corrected chi connectivity index (χ4v) is 3.48. The minimum Gasteiger partial charge on any atom is -0.490 e. The molecule has 0 aliphatic rings. The summed E-state index contributed by atoms with van der Waals surface area (Å²) in [5.41, 5.74) is 0.0110. The van der Waals surface area contributed by atoms with Crippen LogP contribution in [0.5, 0.6) is 11.5 Å². The van der Waals surface area contributed by atoms with Crippen molar-refractivity contribution in [2.45, 2.75) is 90.9 Å². The molecule has 1 aromatic carbocycles. The highest BCUT2D eigenvalue weighted by molar-refractivity contribution is 5.57. The highest BCUT2D eigenvalue weighted by Crippen LogP contribution is 2.28. The molecule has 0 bridgehead atoms. The van der Waals surface area contributed by atoms with E-state index >= 15 is 0 Å². The number of unbranched alkanes of at least 4 members (excludes halogenated alkanes) is 10. The number of nitrogens with zero attached hydrogens (tertiary/aromatic N) is 2. The molecule has 0 saturated carbocycles. The van der Waals surface area contributed by atoms with Crippen LogP contribution in [0.1, 0.15) is 90.9 Å². The zero-order valence-electron chi connectivity index (χ0n) is 19.7. The first-order valence-electron chi connectivity index (χ1n) is 12.2.